The van der Waals surface area contributed by atoms with Crippen LogP contribution in [0.5, 0.6) is 0 Å². The number of nitrogens with zero attached hydrogens (tertiary/aromatic N) is 5. The zero-order chi connectivity index (χ0) is 14.0. The van der Waals surface area contributed by atoms with Crippen LogP contribution < -0.4 is 4.57 Å². The standard InChI is InChI=1S/C15H16N5/c16-19-18-9-5-4-8-15-12-17-10-11-20(15)13-14-6-2-1-3-7-14/h1-7,10-12H,8-9,13H2/q+1. The Bertz CT molecular complexity index is 615. The van der Waals surface area contributed by atoms with Gasteiger partial charge >= 0.3 is 0 Å². The third-order valence-corrected chi connectivity index (χ3v) is 2.86. The molecule has 0 atom stereocenters. The van der Waals surface area contributed by atoms with E-state index >= 15 is 0 Å². The first-order valence-corrected chi connectivity index (χ1v) is 6.42. The van der Waals surface area contributed by atoms with E-state index in [1.807, 2.05) is 42.7 Å². The van der Waals surface area contributed by atoms with Crippen molar-refractivity contribution >= 4 is 0 Å². The Kier molecular flexibility index (Phi) is 5.31. The molecule has 5 nitrogen and oxygen atoms in total. The summed E-state index contributed by atoms with van der Waals surface area (Å²) in [7, 11) is 0. The van der Waals surface area contributed by atoms with Gasteiger partial charge in [0.2, 0.25) is 5.69 Å². The van der Waals surface area contributed by atoms with E-state index < -0.39 is 0 Å². The minimum Gasteiger partial charge on any atom is -0.252 e. The van der Waals surface area contributed by atoms with E-state index in [0.717, 1.165) is 18.7 Å². The summed E-state index contributed by atoms with van der Waals surface area (Å²) in [5.41, 5.74) is 10.6. The van der Waals surface area contributed by atoms with Crippen molar-refractivity contribution in [1.82, 2.24) is 4.98 Å². The molecule has 2 rings (SSSR count). The molecule has 0 N–H and O–H groups in total. The molecule has 1 aromatic heterocycles. The van der Waals surface area contributed by atoms with Crippen LogP contribution in [0.1, 0.15) is 11.3 Å². The number of rotatable bonds is 6. The molecule has 100 valence electrons. The average molecular weight is 266 g/mol. The zero-order valence-electron chi connectivity index (χ0n) is 11.1. The normalized spacial score (nSPS) is 10.4. The summed E-state index contributed by atoms with van der Waals surface area (Å²) < 4.78 is 2.17. The van der Waals surface area contributed by atoms with Crippen LogP contribution in [0.25, 0.3) is 10.4 Å². The number of hydrogen-bond acceptors (Lipinski definition) is 2. The minimum atomic E-state index is 0.384. The van der Waals surface area contributed by atoms with Crippen molar-refractivity contribution in [3.8, 4) is 0 Å². The highest BCUT2D eigenvalue weighted by Gasteiger charge is 2.09. The maximum absolute atomic E-state index is 8.20. The largest absolute Gasteiger partial charge is 0.252 e. The summed E-state index contributed by atoms with van der Waals surface area (Å²) >= 11 is 0. The second kappa shape index (κ2) is 7.71. The van der Waals surface area contributed by atoms with Crippen molar-refractivity contribution in [3.63, 3.8) is 0 Å². The summed E-state index contributed by atoms with van der Waals surface area (Å²) in [6.45, 7) is 1.21. The van der Waals surface area contributed by atoms with Crippen LogP contribution in [-0.4, -0.2) is 11.5 Å². The molecule has 20 heavy (non-hydrogen) atoms. The smallest absolute Gasteiger partial charge is 0.203 e. The minimum absolute atomic E-state index is 0.384. The van der Waals surface area contributed by atoms with E-state index in [1.54, 1.807) is 6.20 Å². The van der Waals surface area contributed by atoms with E-state index in [9.17, 15) is 0 Å². The molecule has 0 fully saturated rings. The van der Waals surface area contributed by atoms with Gasteiger partial charge in [-0.15, -0.1) is 0 Å². The zero-order valence-corrected chi connectivity index (χ0v) is 11.1. The molecule has 0 saturated carbocycles. The van der Waals surface area contributed by atoms with Crippen LogP contribution in [0.4, 0.5) is 0 Å². The number of azide groups is 1. The third kappa shape index (κ3) is 4.23. The molecule has 0 aliphatic rings. The van der Waals surface area contributed by atoms with Crippen molar-refractivity contribution in [1.29, 1.82) is 0 Å². The monoisotopic (exact) mass is 266 g/mol. The molecule has 0 spiro atoms. The van der Waals surface area contributed by atoms with Crippen molar-refractivity contribution < 1.29 is 4.57 Å². The lowest BCUT2D eigenvalue weighted by Gasteiger charge is -2.01. The summed E-state index contributed by atoms with van der Waals surface area (Å²) in [5.74, 6) is 0. The highest BCUT2D eigenvalue weighted by atomic mass is 15.1. The molecule has 0 unspecified atom stereocenters. The highest BCUT2D eigenvalue weighted by Crippen LogP contribution is 1.99. The Morgan fingerprint density at radius 1 is 1.25 bits per heavy atom. The molecule has 0 saturated heterocycles. The Hall–Kier alpha value is -2.65. The van der Waals surface area contributed by atoms with Crippen LogP contribution in [-0.2, 0) is 13.0 Å². The van der Waals surface area contributed by atoms with Crippen molar-refractivity contribution in [2.75, 3.05) is 6.54 Å². The molecular formula is C15H16N5+. The van der Waals surface area contributed by atoms with Gasteiger partial charge in [0.15, 0.2) is 12.7 Å². The second-order valence-corrected chi connectivity index (χ2v) is 4.27. The van der Waals surface area contributed by atoms with E-state index in [2.05, 4.69) is 31.7 Å². The second-order valence-electron chi connectivity index (χ2n) is 4.27. The van der Waals surface area contributed by atoms with Crippen LogP contribution in [0, 0.1) is 0 Å². The molecule has 0 bridgehead atoms. The lowest BCUT2D eigenvalue weighted by atomic mass is 10.2. The van der Waals surface area contributed by atoms with Crippen molar-refractivity contribution in [2.45, 2.75) is 13.0 Å². The molecule has 1 aromatic carbocycles. The molecule has 0 radical (unpaired) electrons. The fourth-order valence-electron chi connectivity index (χ4n) is 1.88. The van der Waals surface area contributed by atoms with Gasteiger partial charge in [0.1, 0.15) is 0 Å². The lowest BCUT2D eigenvalue weighted by Crippen LogP contribution is -2.38. The first-order valence-electron chi connectivity index (χ1n) is 6.42. The predicted octanol–water partition coefficient (Wildman–Crippen LogP) is 2.83. The van der Waals surface area contributed by atoms with Crippen molar-refractivity contribution in [2.24, 2.45) is 5.11 Å². The fraction of sp³-hybridized carbons (Fsp3) is 0.200. The van der Waals surface area contributed by atoms with Crippen molar-refractivity contribution in [3.05, 3.63) is 82.8 Å². The third-order valence-electron chi connectivity index (χ3n) is 2.86. The van der Waals surface area contributed by atoms with Gasteiger partial charge in [0, 0.05) is 17.0 Å². The number of aromatic nitrogens is 2. The van der Waals surface area contributed by atoms with Crippen LogP contribution in [0.15, 0.2) is 66.2 Å². The van der Waals surface area contributed by atoms with Gasteiger partial charge in [0.05, 0.1) is 18.8 Å². The van der Waals surface area contributed by atoms with Gasteiger partial charge in [-0.25, -0.2) is 0 Å². The molecular weight excluding hydrogens is 250 g/mol. The molecule has 2 aromatic rings. The highest BCUT2D eigenvalue weighted by molar-refractivity contribution is 5.13. The SMILES string of the molecule is [N-]=[N+]=NCC=CCc1cncc[n+]1Cc1ccccc1. The fourth-order valence-corrected chi connectivity index (χ4v) is 1.88. The number of allylic oxidation sites excluding steroid dienone is 1. The van der Waals surface area contributed by atoms with Gasteiger partial charge in [-0.3, -0.25) is 4.98 Å². The molecule has 0 amide bonds. The summed E-state index contributed by atoms with van der Waals surface area (Å²) in [4.78, 5) is 6.88. The van der Waals surface area contributed by atoms with Gasteiger partial charge in [-0.2, -0.15) is 4.57 Å². The lowest BCUT2D eigenvalue weighted by molar-refractivity contribution is -0.695. The van der Waals surface area contributed by atoms with E-state index in [0.29, 0.717) is 6.54 Å². The quantitative estimate of drug-likeness (QED) is 0.261. The molecule has 0 aliphatic heterocycles. The van der Waals surface area contributed by atoms with Gasteiger partial charge in [0.25, 0.3) is 0 Å². The van der Waals surface area contributed by atoms with Crippen LogP contribution in [0.2, 0.25) is 0 Å². The maximum Gasteiger partial charge on any atom is 0.203 e. The predicted molar refractivity (Wildman–Crippen MR) is 76.8 cm³/mol. The van der Waals surface area contributed by atoms with Gasteiger partial charge < -0.3 is 0 Å². The molecule has 1 heterocycles. The van der Waals surface area contributed by atoms with Gasteiger partial charge in [-0.1, -0.05) is 47.6 Å². The Morgan fingerprint density at radius 2 is 2.10 bits per heavy atom. The Morgan fingerprint density at radius 3 is 2.90 bits per heavy atom. The molecule has 0 aliphatic carbocycles. The summed E-state index contributed by atoms with van der Waals surface area (Å²) in [6, 6.07) is 10.3. The first-order chi connectivity index (χ1) is 9.90. The van der Waals surface area contributed by atoms with E-state index in [1.165, 1.54) is 5.56 Å². The Balaban J connectivity index is 2.06. The van der Waals surface area contributed by atoms with E-state index in [-0.39, 0.29) is 0 Å². The number of hydrogen-bond donors (Lipinski definition) is 0. The van der Waals surface area contributed by atoms with E-state index in [4.69, 9.17) is 5.53 Å². The molecule has 5 heteroatoms. The summed E-state index contributed by atoms with van der Waals surface area (Å²) in [5, 5.41) is 3.46. The van der Waals surface area contributed by atoms with Crippen LogP contribution >= 0.6 is 0 Å². The van der Waals surface area contributed by atoms with Gasteiger partial charge in [-0.05, 0) is 5.53 Å². The average Bonchev–Trinajstić information content (AvgIpc) is 2.50. The van der Waals surface area contributed by atoms with Crippen LogP contribution in [0.3, 0.4) is 0 Å². The topological polar surface area (TPSA) is 65.5 Å². The maximum atomic E-state index is 8.20. The first kappa shape index (κ1) is 13.8. The summed E-state index contributed by atoms with van der Waals surface area (Å²) in [6.07, 6.45) is 10.2. The Labute approximate surface area is 117 Å². The number of benzene rings is 1.